The first-order chi connectivity index (χ1) is 7.86. The molecule has 0 bridgehead atoms. The van der Waals surface area contributed by atoms with Crippen LogP contribution in [0.25, 0.3) is 0 Å². The first kappa shape index (κ1) is 11.0. The fourth-order valence-electron chi connectivity index (χ4n) is 2.05. The van der Waals surface area contributed by atoms with E-state index in [4.69, 9.17) is 9.47 Å². The molecule has 2 rings (SSSR count). The van der Waals surface area contributed by atoms with Crippen molar-refractivity contribution < 1.29 is 14.3 Å². The maximum absolute atomic E-state index is 10.6. The molecule has 16 heavy (non-hydrogen) atoms. The average Bonchev–Trinajstić information content (AvgIpc) is 2.35. The van der Waals surface area contributed by atoms with Crippen LogP contribution in [0.5, 0.6) is 11.5 Å². The zero-order chi connectivity index (χ0) is 11.4. The van der Waals surface area contributed by atoms with E-state index in [9.17, 15) is 4.79 Å². The van der Waals surface area contributed by atoms with Gasteiger partial charge in [-0.3, -0.25) is 0 Å². The Kier molecular flexibility index (Phi) is 3.44. The highest BCUT2D eigenvalue weighted by Gasteiger charge is 2.20. The molecular formula is C13H16O3. The Balaban J connectivity index is 2.35. The lowest BCUT2D eigenvalue weighted by Crippen LogP contribution is -2.17. The number of fused-ring (bicyclic) bond motifs is 1. The third-order valence-corrected chi connectivity index (χ3v) is 2.91. The lowest BCUT2D eigenvalue weighted by Gasteiger charge is -2.23. The summed E-state index contributed by atoms with van der Waals surface area (Å²) < 4.78 is 11.2. The number of para-hydroxylation sites is 1. The van der Waals surface area contributed by atoms with Gasteiger partial charge in [0.1, 0.15) is 19.5 Å². The number of aldehydes is 1. The Morgan fingerprint density at radius 3 is 2.94 bits per heavy atom. The quantitative estimate of drug-likeness (QED) is 0.731. The molecule has 0 spiro atoms. The van der Waals surface area contributed by atoms with Crippen LogP contribution in [-0.4, -0.2) is 19.5 Å². The number of rotatable bonds is 4. The van der Waals surface area contributed by atoms with Gasteiger partial charge < -0.3 is 14.3 Å². The van der Waals surface area contributed by atoms with E-state index in [1.54, 1.807) is 0 Å². The third-order valence-electron chi connectivity index (χ3n) is 2.91. The molecular weight excluding hydrogens is 204 g/mol. The molecule has 0 radical (unpaired) electrons. The molecule has 86 valence electrons. The number of ether oxygens (including phenoxy) is 2. The number of carbonyl (C=O) groups excluding carboxylic acids is 1. The van der Waals surface area contributed by atoms with Crippen molar-refractivity contribution in [3.63, 3.8) is 0 Å². The topological polar surface area (TPSA) is 35.5 Å². The van der Waals surface area contributed by atoms with Crippen LogP contribution in [0.3, 0.4) is 0 Å². The van der Waals surface area contributed by atoms with E-state index in [2.05, 4.69) is 6.92 Å². The molecule has 1 aromatic rings. The van der Waals surface area contributed by atoms with Crippen LogP contribution in [0.1, 0.15) is 31.2 Å². The van der Waals surface area contributed by atoms with Crippen molar-refractivity contribution in [3.8, 4) is 11.5 Å². The van der Waals surface area contributed by atoms with Gasteiger partial charge in [0.2, 0.25) is 0 Å². The SMILES string of the molecule is CCC(CC=O)c1cccc2c1OCCO2. The van der Waals surface area contributed by atoms with Crippen molar-refractivity contribution in [1.29, 1.82) is 0 Å². The minimum Gasteiger partial charge on any atom is -0.486 e. The van der Waals surface area contributed by atoms with Crippen molar-refractivity contribution in [1.82, 2.24) is 0 Å². The first-order valence-electron chi connectivity index (χ1n) is 5.69. The molecule has 1 aliphatic rings. The van der Waals surface area contributed by atoms with Crippen molar-refractivity contribution in [2.75, 3.05) is 13.2 Å². The summed E-state index contributed by atoms with van der Waals surface area (Å²) in [5.74, 6) is 1.85. The van der Waals surface area contributed by atoms with Crippen LogP contribution in [0.4, 0.5) is 0 Å². The molecule has 0 saturated heterocycles. The second kappa shape index (κ2) is 5.01. The van der Waals surface area contributed by atoms with Crippen LogP contribution in [0.2, 0.25) is 0 Å². The second-order valence-corrected chi connectivity index (χ2v) is 3.88. The lowest BCUT2D eigenvalue weighted by atomic mass is 9.92. The van der Waals surface area contributed by atoms with Crippen LogP contribution in [0.15, 0.2) is 18.2 Å². The minimum atomic E-state index is 0.231. The zero-order valence-corrected chi connectivity index (χ0v) is 9.44. The molecule has 1 aliphatic heterocycles. The molecule has 0 fully saturated rings. The van der Waals surface area contributed by atoms with E-state index in [-0.39, 0.29) is 5.92 Å². The molecule has 0 aromatic heterocycles. The minimum absolute atomic E-state index is 0.231. The number of hydrogen-bond acceptors (Lipinski definition) is 3. The van der Waals surface area contributed by atoms with Crippen molar-refractivity contribution in [3.05, 3.63) is 23.8 Å². The number of hydrogen-bond donors (Lipinski definition) is 0. The smallest absolute Gasteiger partial charge is 0.164 e. The normalized spacial score (nSPS) is 15.6. The highest BCUT2D eigenvalue weighted by molar-refractivity contribution is 5.55. The highest BCUT2D eigenvalue weighted by Crippen LogP contribution is 2.39. The van der Waals surface area contributed by atoms with Gasteiger partial charge in [0, 0.05) is 12.0 Å². The van der Waals surface area contributed by atoms with Gasteiger partial charge in [-0.25, -0.2) is 0 Å². The van der Waals surface area contributed by atoms with Gasteiger partial charge in [-0.15, -0.1) is 0 Å². The summed E-state index contributed by atoms with van der Waals surface area (Å²) in [5, 5.41) is 0. The summed E-state index contributed by atoms with van der Waals surface area (Å²) in [6, 6.07) is 5.88. The molecule has 1 atom stereocenters. The summed E-state index contributed by atoms with van der Waals surface area (Å²) >= 11 is 0. The van der Waals surface area contributed by atoms with Gasteiger partial charge in [-0.1, -0.05) is 19.1 Å². The fraction of sp³-hybridized carbons (Fsp3) is 0.462. The molecule has 1 aromatic carbocycles. The summed E-state index contributed by atoms with van der Waals surface area (Å²) in [7, 11) is 0. The number of benzene rings is 1. The average molecular weight is 220 g/mol. The Bertz CT molecular complexity index is 373. The molecule has 3 nitrogen and oxygen atoms in total. The first-order valence-corrected chi connectivity index (χ1v) is 5.69. The molecule has 0 amide bonds. The van der Waals surface area contributed by atoms with E-state index in [0.717, 1.165) is 29.8 Å². The molecule has 1 unspecified atom stereocenters. The van der Waals surface area contributed by atoms with Gasteiger partial charge in [-0.05, 0) is 18.4 Å². The van der Waals surface area contributed by atoms with Gasteiger partial charge >= 0.3 is 0 Å². The second-order valence-electron chi connectivity index (χ2n) is 3.88. The monoisotopic (exact) mass is 220 g/mol. The van der Waals surface area contributed by atoms with Gasteiger partial charge in [0.05, 0.1) is 0 Å². The van der Waals surface area contributed by atoms with Crippen molar-refractivity contribution >= 4 is 6.29 Å². The van der Waals surface area contributed by atoms with E-state index < -0.39 is 0 Å². The van der Waals surface area contributed by atoms with Crippen molar-refractivity contribution in [2.45, 2.75) is 25.7 Å². The zero-order valence-electron chi connectivity index (χ0n) is 9.44. The van der Waals surface area contributed by atoms with Crippen LogP contribution in [-0.2, 0) is 4.79 Å². The van der Waals surface area contributed by atoms with Crippen LogP contribution in [0, 0.1) is 0 Å². The maximum atomic E-state index is 10.6. The molecule has 1 heterocycles. The van der Waals surface area contributed by atoms with Crippen LogP contribution < -0.4 is 9.47 Å². The summed E-state index contributed by atoms with van der Waals surface area (Å²) in [6.45, 7) is 3.26. The molecule has 0 N–H and O–H groups in total. The van der Waals surface area contributed by atoms with Gasteiger partial charge in [0.15, 0.2) is 11.5 Å². The predicted octanol–water partition coefficient (Wildman–Crippen LogP) is 2.54. The van der Waals surface area contributed by atoms with E-state index in [1.807, 2.05) is 18.2 Å². The Morgan fingerprint density at radius 1 is 1.38 bits per heavy atom. The largest absolute Gasteiger partial charge is 0.486 e. The third kappa shape index (κ3) is 2.03. The maximum Gasteiger partial charge on any atom is 0.164 e. The summed E-state index contributed by atoms with van der Waals surface area (Å²) in [5.41, 5.74) is 1.09. The molecule has 3 heteroatoms. The Labute approximate surface area is 95.4 Å². The molecule has 0 aliphatic carbocycles. The molecule has 0 saturated carbocycles. The van der Waals surface area contributed by atoms with E-state index in [1.165, 1.54) is 0 Å². The lowest BCUT2D eigenvalue weighted by molar-refractivity contribution is -0.108. The number of carbonyl (C=O) groups is 1. The van der Waals surface area contributed by atoms with Gasteiger partial charge in [-0.2, -0.15) is 0 Å². The Morgan fingerprint density at radius 2 is 2.19 bits per heavy atom. The van der Waals surface area contributed by atoms with E-state index >= 15 is 0 Å². The van der Waals surface area contributed by atoms with Gasteiger partial charge in [0.25, 0.3) is 0 Å². The standard InChI is InChI=1S/C13H16O3/c1-2-10(6-7-14)11-4-3-5-12-13(11)16-9-8-15-12/h3-5,7,10H,2,6,8-9H2,1H3. The predicted molar refractivity (Wildman–Crippen MR) is 61.1 cm³/mol. The summed E-state index contributed by atoms with van der Waals surface area (Å²) in [6.07, 6.45) is 2.44. The highest BCUT2D eigenvalue weighted by atomic mass is 16.6. The Hall–Kier alpha value is -1.51. The van der Waals surface area contributed by atoms with Crippen molar-refractivity contribution in [2.24, 2.45) is 0 Å². The summed E-state index contributed by atoms with van der Waals surface area (Å²) in [4.78, 5) is 10.6. The fourth-order valence-corrected chi connectivity index (χ4v) is 2.05. The van der Waals surface area contributed by atoms with E-state index in [0.29, 0.717) is 19.6 Å². The van der Waals surface area contributed by atoms with Crippen LogP contribution >= 0.6 is 0 Å².